The van der Waals surface area contributed by atoms with Crippen LogP contribution in [-0.2, 0) is 17.8 Å². The summed E-state index contributed by atoms with van der Waals surface area (Å²) in [4.78, 5) is 10.8. The summed E-state index contributed by atoms with van der Waals surface area (Å²) in [6, 6.07) is 9.65. The van der Waals surface area contributed by atoms with Crippen molar-refractivity contribution in [2.24, 2.45) is 0 Å². The van der Waals surface area contributed by atoms with Gasteiger partial charge in [0.2, 0.25) is 0 Å². The van der Waals surface area contributed by atoms with E-state index in [1.54, 1.807) is 4.68 Å². The summed E-state index contributed by atoms with van der Waals surface area (Å²) in [5.41, 5.74) is 2.27. The molecule has 5 heteroatoms. The maximum Gasteiger partial charge on any atom is 0.309 e. The largest absolute Gasteiger partial charge is 0.481 e. The van der Waals surface area contributed by atoms with Crippen LogP contribution in [0.2, 0.25) is 0 Å². The van der Waals surface area contributed by atoms with Gasteiger partial charge in [-0.3, -0.25) is 4.79 Å². The van der Waals surface area contributed by atoms with E-state index < -0.39 is 5.97 Å². The molecule has 0 saturated heterocycles. The van der Waals surface area contributed by atoms with Crippen LogP contribution in [0.1, 0.15) is 19.0 Å². The lowest BCUT2D eigenvalue weighted by Crippen LogP contribution is -2.05. The molecule has 0 radical (unpaired) electrons. The van der Waals surface area contributed by atoms with E-state index in [0.29, 0.717) is 5.69 Å². The third-order valence-corrected chi connectivity index (χ3v) is 2.61. The topological polar surface area (TPSA) is 68.0 Å². The zero-order valence-electron chi connectivity index (χ0n) is 10.2. The van der Waals surface area contributed by atoms with Gasteiger partial charge < -0.3 is 5.11 Å². The Kier molecular flexibility index (Phi) is 3.72. The van der Waals surface area contributed by atoms with Crippen LogP contribution in [0, 0.1) is 0 Å². The van der Waals surface area contributed by atoms with Crippen LogP contribution in [0.3, 0.4) is 0 Å². The molecule has 94 valence electrons. The highest BCUT2D eigenvalue weighted by Gasteiger charge is 2.16. The number of aryl methyl sites for hydroxylation is 1. The standard InChI is InChI=1S/C13H15N3O2/c1-2-8-16-13(10-6-4-3-5-7-10)11(14-15-16)9-12(17)18/h3-7H,2,8-9H2,1H3,(H,17,18). The van der Waals surface area contributed by atoms with Gasteiger partial charge in [0.1, 0.15) is 5.69 Å². The van der Waals surface area contributed by atoms with Gasteiger partial charge in [0, 0.05) is 12.1 Å². The van der Waals surface area contributed by atoms with Crippen molar-refractivity contribution >= 4 is 5.97 Å². The molecule has 0 bridgehead atoms. The third kappa shape index (κ3) is 2.56. The Bertz CT molecular complexity index is 534. The van der Waals surface area contributed by atoms with Crippen LogP contribution in [0.4, 0.5) is 0 Å². The second kappa shape index (κ2) is 5.44. The zero-order chi connectivity index (χ0) is 13.0. The molecule has 0 amide bonds. The van der Waals surface area contributed by atoms with Gasteiger partial charge in [-0.2, -0.15) is 0 Å². The minimum atomic E-state index is -0.893. The number of aliphatic carboxylic acids is 1. The number of nitrogens with zero attached hydrogens (tertiary/aromatic N) is 3. The van der Waals surface area contributed by atoms with E-state index in [1.807, 2.05) is 37.3 Å². The summed E-state index contributed by atoms with van der Waals surface area (Å²) < 4.78 is 1.77. The first kappa shape index (κ1) is 12.3. The van der Waals surface area contributed by atoms with E-state index in [1.165, 1.54) is 0 Å². The molecule has 0 aliphatic rings. The quantitative estimate of drug-likeness (QED) is 0.874. The molecule has 5 nitrogen and oxygen atoms in total. The molecule has 2 rings (SSSR count). The van der Waals surface area contributed by atoms with Gasteiger partial charge >= 0.3 is 5.97 Å². The minimum absolute atomic E-state index is 0.103. The highest BCUT2D eigenvalue weighted by atomic mass is 16.4. The normalized spacial score (nSPS) is 10.5. The molecule has 0 aliphatic carbocycles. The number of hydrogen-bond donors (Lipinski definition) is 1. The Hall–Kier alpha value is -2.17. The molecular weight excluding hydrogens is 230 g/mol. The van der Waals surface area contributed by atoms with Gasteiger partial charge in [-0.05, 0) is 6.42 Å². The van der Waals surface area contributed by atoms with Gasteiger partial charge in [-0.15, -0.1) is 5.10 Å². The molecule has 18 heavy (non-hydrogen) atoms. The summed E-state index contributed by atoms with van der Waals surface area (Å²) >= 11 is 0. The van der Waals surface area contributed by atoms with Crippen LogP contribution in [0.5, 0.6) is 0 Å². The van der Waals surface area contributed by atoms with Crippen molar-refractivity contribution in [3.05, 3.63) is 36.0 Å². The molecule has 0 saturated carbocycles. The average Bonchev–Trinajstić information content (AvgIpc) is 2.73. The van der Waals surface area contributed by atoms with Crippen molar-refractivity contribution in [1.29, 1.82) is 0 Å². The summed E-state index contributed by atoms with van der Waals surface area (Å²) in [5, 5.41) is 16.9. The van der Waals surface area contributed by atoms with Crippen LogP contribution >= 0.6 is 0 Å². The van der Waals surface area contributed by atoms with E-state index >= 15 is 0 Å². The summed E-state index contributed by atoms with van der Waals surface area (Å²) in [7, 11) is 0. The highest BCUT2D eigenvalue weighted by Crippen LogP contribution is 2.22. The molecule has 0 spiro atoms. The number of carboxylic acid groups (broad SMARTS) is 1. The third-order valence-electron chi connectivity index (χ3n) is 2.61. The molecule has 1 aromatic heterocycles. The van der Waals surface area contributed by atoms with Crippen molar-refractivity contribution < 1.29 is 9.90 Å². The molecule has 1 aromatic carbocycles. The number of aromatic nitrogens is 3. The van der Waals surface area contributed by atoms with E-state index in [0.717, 1.165) is 24.2 Å². The minimum Gasteiger partial charge on any atom is -0.481 e. The lowest BCUT2D eigenvalue weighted by atomic mass is 10.1. The number of hydrogen-bond acceptors (Lipinski definition) is 3. The zero-order valence-corrected chi connectivity index (χ0v) is 10.2. The monoisotopic (exact) mass is 245 g/mol. The average molecular weight is 245 g/mol. The molecule has 0 fully saturated rings. The fourth-order valence-corrected chi connectivity index (χ4v) is 1.89. The Morgan fingerprint density at radius 2 is 2.06 bits per heavy atom. The molecule has 0 unspecified atom stereocenters. The number of carboxylic acids is 1. The number of rotatable bonds is 5. The van der Waals surface area contributed by atoms with Crippen molar-refractivity contribution in [2.75, 3.05) is 0 Å². The lowest BCUT2D eigenvalue weighted by molar-refractivity contribution is -0.136. The van der Waals surface area contributed by atoms with Crippen molar-refractivity contribution in [1.82, 2.24) is 15.0 Å². The van der Waals surface area contributed by atoms with E-state index in [9.17, 15) is 4.79 Å². The van der Waals surface area contributed by atoms with Crippen molar-refractivity contribution in [2.45, 2.75) is 26.3 Å². The van der Waals surface area contributed by atoms with E-state index in [-0.39, 0.29) is 6.42 Å². The SMILES string of the molecule is CCCn1nnc(CC(=O)O)c1-c1ccccc1. The van der Waals surface area contributed by atoms with Gasteiger partial charge in [-0.25, -0.2) is 4.68 Å². The second-order valence-corrected chi connectivity index (χ2v) is 4.04. The number of benzene rings is 1. The molecule has 0 atom stereocenters. The predicted molar refractivity (Wildman–Crippen MR) is 67.1 cm³/mol. The first-order chi connectivity index (χ1) is 8.72. The Morgan fingerprint density at radius 1 is 1.33 bits per heavy atom. The summed E-state index contributed by atoms with van der Waals surface area (Å²) in [6.07, 6.45) is 0.823. The molecule has 0 aliphatic heterocycles. The van der Waals surface area contributed by atoms with Crippen molar-refractivity contribution in [3.63, 3.8) is 0 Å². The smallest absolute Gasteiger partial charge is 0.309 e. The Balaban J connectivity index is 2.46. The maximum atomic E-state index is 10.8. The van der Waals surface area contributed by atoms with Crippen LogP contribution in [0.15, 0.2) is 30.3 Å². The molecule has 1 heterocycles. The van der Waals surface area contributed by atoms with Gasteiger partial charge in [0.15, 0.2) is 0 Å². The van der Waals surface area contributed by atoms with Crippen LogP contribution in [0.25, 0.3) is 11.3 Å². The molecule has 2 aromatic rings. The fourth-order valence-electron chi connectivity index (χ4n) is 1.89. The number of carbonyl (C=O) groups is 1. The van der Waals surface area contributed by atoms with Gasteiger partial charge in [0.05, 0.1) is 12.1 Å². The van der Waals surface area contributed by atoms with Gasteiger partial charge in [0.25, 0.3) is 0 Å². The lowest BCUT2D eigenvalue weighted by Gasteiger charge is -2.06. The summed E-state index contributed by atoms with van der Waals surface area (Å²) in [5.74, 6) is -0.893. The Morgan fingerprint density at radius 3 is 2.67 bits per heavy atom. The van der Waals surface area contributed by atoms with E-state index in [2.05, 4.69) is 10.3 Å². The van der Waals surface area contributed by atoms with E-state index in [4.69, 9.17) is 5.11 Å². The van der Waals surface area contributed by atoms with Gasteiger partial charge in [-0.1, -0.05) is 42.5 Å². The van der Waals surface area contributed by atoms with Crippen LogP contribution < -0.4 is 0 Å². The molecule has 1 N–H and O–H groups in total. The second-order valence-electron chi connectivity index (χ2n) is 4.04. The predicted octanol–water partition coefficient (Wildman–Crippen LogP) is 1.98. The summed E-state index contributed by atoms with van der Waals surface area (Å²) in [6.45, 7) is 2.78. The van der Waals surface area contributed by atoms with Crippen molar-refractivity contribution in [3.8, 4) is 11.3 Å². The van der Waals surface area contributed by atoms with Crippen LogP contribution in [-0.4, -0.2) is 26.1 Å². The first-order valence-electron chi connectivity index (χ1n) is 5.92. The fraction of sp³-hybridized carbons (Fsp3) is 0.308. The molecular formula is C13H15N3O2. The first-order valence-corrected chi connectivity index (χ1v) is 5.92. The Labute approximate surface area is 105 Å². The highest BCUT2D eigenvalue weighted by molar-refractivity contribution is 5.73. The maximum absolute atomic E-state index is 10.8.